The number of aromatic amines is 1. The fourth-order valence-electron chi connectivity index (χ4n) is 1.68. The number of rotatable bonds is 4. The minimum Gasteiger partial charge on any atom is -0.469 e. The molecule has 2 N–H and O–H groups in total. The number of H-pyrrole nitrogens is 1. The van der Waals surface area contributed by atoms with Gasteiger partial charge in [0.05, 0.1) is 18.0 Å². The standard InChI is InChI=1S/C12H15N3O2/c1-3-8-7-13-15-11(8)14-12(16)9-5-6-17-10(9)4-2/h5-7H,3-4H2,1-2H3,(H2,13,14,15,16). The van der Waals surface area contributed by atoms with Gasteiger partial charge in [0.2, 0.25) is 0 Å². The summed E-state index contributed by atoms with van der Waals surface area (Å²) < 4.78 is 5.22. The van der Waals surface area contributed by atoms with Gasteiger partial charge in [-0.25, -0.2) is 0 Å². The van der Waals surface area contributed by atoms with E-state index in [4.69, 9.17) is 4.42 Å². The quantitative estimate of drug-likeness (QED) is 0.851. The van der Waals surface area contributed by atoms with Gasteiger partial charge >= 0.3 is 0 Å². The molecule has 0 atom stereocenters. The maximum absolute atomic E-state index is 12.0. The second-order valence-electron chi connectivity index (χ2n) is 3.69. The van der Waals surface area contributed by atoms with E-state index in [1.54, 1.807) is 12.3 Å². The van der Waals surface area contributed by atoms with Crippen molar-refractivity contribution >= 4 is 11.7 Å². The van der Waals surface area contributed by atoms with Gasteiger partial charge in [-0.15, -0.1) is 0 Å². The van der Waals surface area contributed by atoms with Crippen molar-refractivity contribution in [3.63, 3.8) is 0 Å². The molecule has 0 saturated carbocycles. The zero-order chi connectivity index (χ0) is 12.3. The van der Waals surface area contributed by atoms with Crippen molar-refractivity contribution in [3.8, 4) is 0 Å². The molecule has 1 amide bonds. The van der Waals surface area contributed by atoms with E-state index in [0.29, 0.717) is 23.6 Å². The third-order valence-electron chi connectivity index (χ3n) is 2.65. The van der Waals surface area contributed by atoms with Crippen LogP contribution in [0.3, 0.4) is 0 Å². The Morgan fingerprint density at radius 3 is 3.00 bits per heavy atom. The summed E-state index contributed by atoms with van der Waals surface area (Å²) in [4.78, 5) is 12.0. The Labute approximate surface area is 99.2 Å². The smallest absolute Gasteiger partial charge is 0.260 e. The Kier molecular flexibility index (Phi) is 3.27. The average Bonchev–Trinajstić information content (AvgIpc) is 2.96. The minimum atomic E-state index is -0.172. The highest BCUT2D eigenvalue weighted by molar-refractivity contribution is 6.04. The van der Waals surface area contributed by atoms with Gasteiger partial charge in [0.1, 0.15) is 11.6 Å². The van der Waals surface area contributed by atoms with Gasteiger partial charge < -0.3 is 9.73 Å². The zero-order valence-electron chi connectivity index (χ0n) is 9.91. The molecule has 0 aliphatic carbocycles. The molecule has 0 radical (unpaired) electrons. The van der Waals surface area contributed by atoms with Crippen LogP contribution < -0.4 is 5.32 Å². The average molecular weight is 233 g/mol. The van der Waals surface area contributed by atoms with E-state index >= 15 is 0 Å². The summed E-state index contributed by atoms with van der Waals surface area (Å²) in [5.41, 5.74) is 1.56. The summed E-state index contributed by atoms with van der Waals surface area (Å²) in [5, 5.41) is 9.48. The summed E-state index contributed by atoms with van der Waals surface area (Å²) in [5.74, 6) is 1.18. The van der Waals surface area contributed by atoms with Crippen LogP contribution in [-0.2, 0) is 12.8 Å². The first-order chi connectivity index (χ1) is 8.26. The summed E-state index contributed by atoms with van der Waals surface area (Å²) in [6.07, 6.45) is 4.75. The molecule has 2 aromatic heterocycles. The molecule has 2 aromatic rings. The number of nitrogens with zero attached hydrogens (tertiary/aromatic N) is 1. The van der Waals surface area contributed by atoms with Gasteiger partial charge in [-0.05, 0) is 12.5 Å². The van der Waals surface area contributed by atoms with E-state index in [1.807, 2.05) is 13.8 Å². The molecule has 0 aromatic carbocycles. The first kappa shape index (κ1) is 11.4. The van der Waals surface area contributed by atoms with Crippen LogP contribution in [0.25, 0.3) is 0 Å². The van der Waals surface area contributed by atoms with Gasteiger partial charge in [-0.2, -0.15) is 5.10 Å². The molecule has 0 bridgehead atoms. The molecule has 0 saturated heterocycles. The van der Waals surface area contributed by atoms with E-state index in [1.165, 1.54) is 6.26 Å². The van der Waals surface area contributed by atoms with Crippen molar-refractivity contribution in [1.82, 2.24) is 10.2 Å². The molecule has 0 aliphatic rings. The van der Waals surface area contributed by atoms with Crippen molar-refractivity contribution in [2.24, 2.45) is 0 Å². The Morgan fingerprint density at radius 1 is 1.47 bits per heavy atom. The van der Waals surface area contributed by atoms with Crippen molar-refractivity contribution < 1.29 is 9.21 Å². The number of amides is 1. The molecule has 2 rings (SSSR count). The Morgan fingerprint density at radius 2 is 2.29 bits per heavy atom. The molecule has 2 heterocycles. The molecule has 0 spiro atoms. The molecule has 0 unspecified atom stereocenters. The topological polar surface area (TPSA) is 70.9 Å². The maximum Gasteiger partial charge on any atom is 0.260 e. The summed E-state index contributed by atoms with van der Waals surface area (Å²) >= 11 is 0. The molecule has 90 valence electrons. The highest BCUT2D eigenvalue weighted by Gasteiger charge is 2.15. The van der Waals surface area contributed by atoms with Crippen LogP contribution in [0.5, 0.6) is 0 Å². The largest absolute Gasteiger partial charge is 0.469 e. The number of aromatic nitrogens is 2. The van der Waals surface area contributed by atoms with Crippen molar-refractivity contribution in [2.45, 2.75) is 26.7 Å². The molecular weight excluding hydrogens is 218 g/mol. The predicted octanol–water partition coefficient (Wildman–Crippen LogP) is 2.38. The second-order valence-corrected chi connectivity index (χ2v) is 3.69. The molecule has 5 heteroatoms. The Bertz CT molecular complexity index is 513. The Hall–Kier alpha value is -2.04. The van der Waals surface area contributed by atoms with Crippen molar-refractivity contribution in [1.29, 1.82) is 0 Å². The lowest BCUT2D eigenvalue weighted by atomic mass is 10.2. The van der Waals surface area contributed by atoms with E-state index in [-0.39, 0.29) is 5.91 Å². The summed E-state index contributed by atoms with van der Waals surface area (Å²) in [6, 6.07) is 1.68. The monoisotopic (exact) mass is 233 g/mol. The van der Waals surface area contributed by atoms with Gasteiger partial charge in [0.25, 0.3) is 5.91 Å². The number of carbonyl (C=O) groups excluding carboxylic acids is 1. The minimum absolute atomic E-state index is 0.172. The summed E-state index contributed by atoms with van der Waals surface area (Å²) in [6.45, 7) is 3.96. The van der Waals surface area contributed by atoms with Gasteiger partial charge in [0.15, 0.2) is 0 Å². The summed E-state index contributed by atoms with van der Waals surface area (Å²) in [7, 11) is 0. The first-order valence-corrected chi connectivity index (χ1v) is 5.66. The second kappa shape index (κ2) is 4.86. The number of nitrogens with one attached hydrogen (secondary N) is 2. The van der Waals surface area contributed by atoms with Crippen LogP contribution in [0.2, 0.25) is 0 Å². The maximum atomic E-state index is 12.0. The van der Waals surface area contributed by atoms with Crippen molar-refractivity contribution in [2.75, 3.05) is 5.32 Å². The highest BCUT2D eigenvalue weighted by atomic mass is 16.3. The molecule has 0 aliphatic heterocycles. The van der Waals surface area contributed by atoms with E-state index in [2.05, 4.69) is 15.5 Å². The molecule has 0 fully saturated rings. The van der Waals surface area contributed by atoms with Crippen LogP contribution in [0.1, 0.15) is 35.5 Å². The number of carbonyl (C=O) groups is 1. The lowest BCUT2D eigenvalue weighted by molar-refractivity contribution is 0.102. The molecule has 17 heavy (non-hydrogen) atoms. The Balaban J connectivity index is 2.17. The van der Waals surface area contributed by atoms with Crippen LogP contribution in [0.15, 0.2) is 22.9 Å². The van der Waals surface area contributed by atoms with Crippen LogP contribution >= 0.6 is 0 Å². The number of hydrogen-bond acceptors (Lipinski definition) is 3. The third kappa shape index (κ3) is 2.22. The zero-order valence-corrected chi connectivity index (χ0v) is 9.91. The highest BCUT2D eigenvalue weighted by Crippen LogP contribution is 2.16. The van der Waals surface area contributed by atoms with E-state index in [0.717, 1.165) is 12.0 Å². The fourth-order valence-corrected chi connectivity index (χ4v) is 1.68. The first-order valence-electron chi connectivity index (χ1n) is 5.66. The van der Waals surface area contributed by atoms with Crippen molar-refractivity contribution in [3.05, 3.63) is 35.4 Å². The number of furan rings is 1. The van der Waals surface area contributed by atoms with Gasteiger partial charge in [-0.3, -0.25) is 9.89 Å². The van der Waals surface area contributed by atoms with Gasteiger partial charge in [0, 0.05) is 12.0 Å². The van der Waals surface area contributed by atoms with E-state index < -0.39 is 0 Å². The van der Waals surface area contributed by atoms with Crippen LogP contribution in [0, 0.1) is 0 Å². The number of aryl methyl sites for hydroxylation is 2. The number of hydrogen-bond donors (Lipinski definition) is 2. The van der Waals surface area contributed by atoms with E-state index in [9.17, 15) is 4.79 Å². The lowest BCUT2D eigenvalue weighted by Crippen LogP contribution is -2.14. The van der Waals surface area contributed by atoms with Gasteiger partial charge in [-0.1, -0.05) is 13.8 Å². The third-order valence-corrected chi connectivity index (χ3v) is 2.65. The molecule has 5 nitrogen and oxygen atoms in total. The SMILES string of the molecule is CCc1cn[nH]c1NC(=O)c1ccoc1CC. The number of anilines is 1. The fraction of sp³-hybridized carbons (Fsp3) is 0.333. The van der Waals surface area contributed by atoms with Crippen LogP contribution in [0.4, 0.5) is 5.82 Å². The predicted molar refractivity (Wildman–Crippen MR) is 64.0 cm³/mol. The normalized spacial score (nSPS) is 10.5. The molecular formula is C12H15N3O2. The lowest BCUT2D eigenvalue weighted by Gasteiger charge is -2.04. The van der Waals surface area contributed by atoms with Crippen LogP contribution in [-0.4, -0.2) is 16.1 Å².